The van der Waals surface area contributed by atoms with Crippen molar-refractivity contribution in [3.63, 3.8) is 0 Å². The summed E-state index contributed by atoms with van der Waals surface area (Å²) < 4.78 is 2.75. The second kappa shape index (κ2) is 6.95. The Morgan fingerprint density at radius 3 is 2.56 bits per heavy atom. The molecule has 1 atom stereocenters. The van der Waals surface area contributed by atoms with E-state index in [1.165, 1.54) is 0 Å². The van der Waals surface area contributed by atoms with Gasteiger partial charge in [-0.05, 0) is 42.0 Å². The summed E-state index contributed by atoms with van der Waals surface area (Å²) in [5, 5.41) is 3.03. The minimum Gasteiger partial charge on any atom is -0.347 e. The third-order valence-electron chi connectivity index (χ3n) is 3.01. The van der Waals surface area contributed by atoms with Crippen molar-refractivity contribution in [3.8, 4) is 0 Å². The quantitative estimate of drug-likeness (QED) is 0.874. The van der Waals surface area contributed by atoms with E-state index >= 15 is 0 Å². The molecule has 0 saturated carbocycles. The maximum absolute atomic E-state index is 12.1. The van der Waals surface area contributed by atoms with E-state index in [0.717, 1.165) is 24.1 Å². The van der Waals surface area contributed by atoms with Crippen molar-refractivity contribution in [2.75, 3.05) is 19.6 Å². The standard InChI is InChI=1S/C13H22BrN3O/c1-5-17(6-2)8-10(3)15-13(18)12-7-11(14)9-16(12)4/h7,9-10H,5-6,8H2,1-4H3,(H,15,18). The molecule has 0 aliphatic rings. The van der Waals surface area contributed by atoms with Gasteiger partial charge in [0.25, 0.3) is 5.91 Å². The van der Waals surface area contributed by atoms with Gasteiger partial charge in [0.2, 0.25) is 0 Å². The lowest BCUT2D eigenvalue weighted by atomic mass is 10.2. The lowest BCUT2D eigenvalue weighted by molar-refractivity contribution is 0.0922. The number of rotatable bonds is 6. The molecule has 1 heterocycles. The number of likely N-dealkylation sites (N-methyl/N-ethyl adjacent to an activating group) is 1. The molecule has 0 bridgehead atoms. The van der Waals surface area contributed by atoms with Crippen molar-refractivity contribution in [2.45, 2.75) is 26.8 Å². The summed E-state index contributed by atoms with van der Waals surface area (Å²) in [6.07, 6.45) is 1.88. The first-order chi connectivity index (χ1) is 8.47. The molecule has 1 unspecified atom stereocenters. The van der Waals surface area contributed by atoms with Gasteiger partial charge < -0.3 is 14.8 Å². The monoisotopic (exact) mass is 315 g/mol. The minimum atomic E-state index is -0.0251. The zero-order valence-electron chi connectivity index (χ0n) is 11.5. The predicted molar refractivity (Wildman–Crippen MR) is 77.8 cm³/mol. The summed E-state index contributed by atoms with van der Waals surface area (Å²) in [6, 6.07) is 1.98. The number of halogens is 1. The van der Waals surface area contributed by atoms with Crippen LogP contribution >= 0.6 is 15.9 Å². The second-order valence-corrected chi connectivity index (χ2v) is 5.43. The molecule has 0 radical (unpaired) electrons. The average Bonchev–Trinajstić information content (AvgIpc) is 2.65. The number of hydrogen-bond donors (Lipinski definition) is 1. The number of aryl methyl sites for hydroxylation is 1. The van der Waals surface area contributed by atoms with Crippen LogP contribution in [0.4, 0.5) is 0 Å². The molecule has 0 saturated heterocycles. The molecule has 4 nitrogen and oxygen atoms in total. The lowest BCUT2D eigenvalue weighted by Gasteiger charge is -2.23. The number of carbonyl (C=O) groups is 1. The van der Waals surface area contributed by atoms with Gasteiger partial charge in [-0.15, -0.1) is 0 Å². The molecule has 1 N–H and O–H groups in total. The molecule has 1 aromatic rings. The molecule has 0 aromatic carbocycles. The highest BCUT2D eigenvalue weighted by Gasteiger charge is 2.14. The number of amides is 1. The summed E-state index contributed by atoms with van der Waals surface area (Å²) in [4.78, 5) is 14.4. The molecule has 1 aromatic heterocycles. The largest absolute Gasteiger partial charge is 0.347 e. The zero-order chi connectivity index (χ0) is 13.7. The van der Waals surface area contributed by atoms with Crippen LogP contribution in [0, 0.1) is 0 Å². The first kappa shape index (κ1) is 15.2. The Morgan fingerprint density at radius 1 is 1.50 bits per heavy atom. The first-order valence-electron chi connectivity index (χ1n) is 6.33. The van der Waals surface area contributed by atoms with Crippen molar-refractivity contribution in [1.82, 2.24) is 14.8 Å². The van der Waals surface area contributed by atoms with Gasteiger partial charge in [0.15, 0.2) is 0 Å². The van der Waals surface area contributed by atoms with Gasteiger partial charge in [-0.2, -0.15) is 0 Å². The Bertz CT molecular complexity index is 399. The van der Waals surface area contributed by atoms with Gasteiger partial charge in [-0.25, -0.2) is 0 Å². The Morgan fingerprint density at radius 2 is 2.11 bits per heavy atom. The highest BCUT2D eigenvalue weighted by Crippen LogP contribution is 2.13. The summed E-state index contributed by atoms with van der Waals surface area (Å²) in [5.74, 6) is -0.0251. The molecular weight excluding hydrogens is 294 g/mol. The number of hydrogen-bond acceptors (Lipinski definition) is 2. The zero-order valence-corrected chi connectivity index (χ0v) is 13.1. The van der Waals surface area contributed by atoms with Gasteiger partial charge >= 0.3 is 0 Å². The van der Waals surface area contributed by atoms with Crippen molar-refractivity contribution >= 4 is 21.8 Å². The maximum atomic E-state index is 12.1. The van der Waals surface area contributed by atoms with Crippen LogP contribution in [0.2, 0.25) is 0 Å². The van der Waals surface area contributed by atoms with Crippen molar-refractivity contribution in [3.05, 3.63) is 22.4 Å². The molecule has 102 valence electrons. The van der Waals surface area contributed by atoms with Crippen LogP contribution in [0.15, 0.2) is 16.7 Å². The van der Waals surface area contributed by atoms with Gasteiger partial charge in [-0.1, -0.05) is 13.8 Å². The van der Waals surface area contributed by atoms with E-state index in [1.807, 2.05) is 30.8 Å². The Labute approximate surface area is 117 Å². The smallest absolute Gasteiger partial charge is 0.268 e. The van der Waals surface area contributed by atoms with Crippen molar-refractivity contribution < 1.29 is 4.79 Å². The maximum Gasteiger partial charge on any atom is 0.268 e. The van der Waals surface area contributed by atoms with Crippen LogP contribution < -0.4 is 5.32 Å². The predicted octanol–water partition coefficient (Wildman–Crippen LogP) is 2.25. The van der Waals surface area contributed by atoms with Gasteiger partial charge in [0.1, 0.15) is 5.69 Å². The fraction of sp³-hybridized carbons (Fsp3) is 0.615. The highest BCUT2D eigenvalue weighted by atomic mass is 79.9. The fourth-order valence-corrected chi connectivity index (χ4v) is 2.49. The highest BCUT2D eigenvalue weighted by molar-refractivity contribution is 9.10. The van der Waals surface area contributed by atoms with Gasteiger partial charge in [0, 0.05) is 30.3 Å². The van der Waals surface area contributed by atoms with Crippen molar-refractivity contribution in [2.24, 2.45) is 7.05 Å². The summed E-state index contributed by atoms with van der Waals surface area (Å²) in [5.41, 5.74) is 0.674. The summed E-state index contributed by atoms with van der Waals surface area (Å²) in [7, 11) is 1.87. The summed E-state index contributed by atoms with van der Waals surface area (Å²) >= 11 is 3.37. The van der Waals surface area contributed by atoms with Gasteiger partial charge in [-0.3, -0.25) is 4.79 Å². The second-order valence-electron chi connectivity index (χ2n) is 4.51. The number of nitrogens with one attached hydrogen (secondary N) is 1. The normalized spacial score (nSPS) is 12.8. The molecule has 1 rings (SSSR count). The van der Waals surface area contributed by atoms with E-state index in [4.69, 9.17) is 0 Å². The Balaban J connectivity index is 2.57. The van der Waals surface area contributed by atoms with Crippen LogP contribution in [-0.2, 0) is 7.05 Å². The lowest BCUT2D eigenvalue weighted by Crippen LogP contribution is -2.42. The number of nitrogens with zero attached hydrogens (tertiary/aromatic N) is 2. The molecule has 0 spiro atoms. The van der Waals surface area contributed by atoms with Crippen LogP contribution in [0.5, 0.6) is 0 Å². The topological polar surface area (TPSA) is 37.3 Å². The molecule has 0 aliphatic carbocycles. The van der Waals surface area contributed by atoms with E-state index in [-0.39, 0.29) is 11.9 Å². The Kier molecular flexibility index (Phi) is 5.88. The van der Waals surface area contributed by atoms with Crippen LogP contribution in [0.25, 0.3) is 0 Å². The van der Waals surface area contributed by atoms with E-state index in [1.54, 1.807) is 0 Å². The van der Waals surface area contributed by atoms with E-state index in [0.29, 0.717) is 5.69 Å². The molecule has 0 aliphatic heterocycles. The SMILES string of the molecule is CCN(CC)CC(C)NC(=O)c1cc(Br)cn1C. The van der Waals surface area contributed by atoms with E-state index in [2.05, 4.69) is 40.0 Å². The van der Waals surface area contributed by atoms with E-state index < -0.39 is 0 Å². The fourth-order valence-electron chi connectivity index (χ4n) is 1.96. The number of aromatic nitrogens is 1. The average molecular weight is 316 g/mol. The third-order valence-corrected chi connectivity index (χ3v) is 3.44. The van der Waals surface area contributed by atoms with Gasteiger partial charge in [0.05, 0.1) is 0 Å². The minimum absolute atomic E-state index is 0.0251. The molecule has 18 heavy (non-hydrogen) atoms. The Hall–Kier alpha value is -0.810. The molecule has 0 fully saturated rings. The molecule has 5 heteroatoms. The van der Waals surface area contributed by atoms with Crippen LogP contribution in [-0.4, -0.2) is 41.1 Å². The molecular formula is C13H22BrN3O. The van der Waals surface area contributed by atoms with Crippen LogP contribution in [0.1, 0.15) is 31.3 Å². The van der Waals surface area contributed by atoms with E-state index in [9.17, 15) is 4.79 Å². The first-order valence-corrected chi connectivity index (χ1v) is 7.12. The molecule has 1 amide bonds. The third kappa shape index (κ3) is 4.14. The number of carbonyl (C=O) groups excluding carboxylic acids is 1. The van der Waals surface area contributed by atoms with Crippen molar-refractivity contribution in [1.29, 1.82) is 0 Å². The summed E-state index contributed by atoms with van der Waals surface area (Å²) in [6.45, 7) is 9.19. The van der Waals surface area contributed by atoms with Crippen LogP contribution in [0.3, 0.4) is 0 Å².